The van der Waals surface area contributed by atoms with Crippen LogP contribution in [0.5, 0.6) is 0 Å². The van der Waals surface area contributed by atoms with Crippen LogP contribution in [0.2, 0.25) is 5.02 Å². The van der Waals surface area contributed by atoms with Gasteiger partial charge in [-0.25, -0.2) is 4.98 Å². The summed E-state index contributed by atoms with van der Waals surface area (Å²) in [6, 6.07) is 4.69. The van der Waals surface area contributed by atoms with E-state index >= 15 is 0 Å². The largest absolute Gasteiger partial charge is 0.323 e. The molecule has 1 heterocycles. The number of nitrogens with two attached hydrogens (primary N) is 1. The highest BCUT2D eigenvalue weighted by atomic mass is 35.5. The number of rotatable bonds is 3. The molecule has 0 aliphatic rings. The number of carbonyl (C=O) groups excluding carboxylic acids is 1. The van der Waals surface area contributed by atoms with Crippen LogP contribution in [0.15, 0.2) is 36.9 Å². The van der Waals surface area contributed by atoms with E-state index in [1.165, 1.54) is 0 Å². The van der Waals surface area contributed by atoms with Gasteiger partial charge in [0.25, 0.3) is 0 Å². The number of benzene rings is 1. The van der Waals surface area contributed by atoms with Crippen LogP contribution in [0.25, 0.3) is 5.69 Å². The maximum Gasteiger partial charge on any atom is 0.241 e. The number of nitrogens with one attached hydrogen (secondary N) is 1. The zero-order valence-electron chi connectivity index (χ0n) is 9.80. The van der Waals surface area contributed by atoms with Gasteiger partial charge >= 0.3 is 0 Å². The van der Waals surface area contributed by atoms with Crippen LogP contribution in [0.4, 0.5) is 5.69 Å². The first-order chi connectivity index (χ1) is 8.59. The number of imidazole rings is 1. The summed E-state index contributed by atoms with van der Waals surface area (Å²) in [5.74, 6) is -0.265. The summed E-state index contributed by atoms with van der Waals surface area (Å²) in [5, 5.41) is 3.27. The molecule has 0 spiro atoms. The molecule has 94 valence electrons. The maximum absolute atomic E-state index is 11.6. The SMILES string of the molecule is CC(N)C(=O)Nc1cccc(Cl)c1-n1ccnc1. The second-order valence-electron chi connectivity index (χ2n) is 3.88. The Morgan fingerprint density at radius 2 is 2.33 bits per heavy atom. The van der Waals surface area contributed by atoms with Gasteiger partial charge in [0.05, 0.1) is 28.8 Å². The second kappa shape index (κ2) is 5.20. The number of nitrogens with zero attached hydrogens (tertiary/aromatic N) is 2. The number of aromatic nitrogens is 2. The minimum atomic E-state index is -0.584. The van der Waals surface area contributed by atoms with Gasteiger partial charge < -0.3 is 15.6 Å². The van der Waals surface area contributed by atoms with E-state index in [9.17, 15) is 4.79 Å². The third kappa shape index (κ3) is 2.52. The van der Waals surface area contributed by atoms with Gasteiger partial charge in [-0.15, -0.1) is 0 Å². The highest BCUT2D eigenvalue weighted by Gasteiger charge is 2.13. The number of carbonyl (C=O) groups is 1. The van der Waals surface area contributed by atoms with E-state index in [0.717, 1.165) is 0 Å². The number of anilines is 1. The van der Waals surface area contributed by atoms with Crippen molar-refractivity contribution in [2.75, 3.05) is 5.32 Å². The van der Waals surface area contributed by atoms with Gasteiger partial charge in [0.2, 0.25) is 5.91 Å². The Morgan fingerprint density at radius 1 is 1.56 bits per heavy atom. The third-order valence-electron chi connectivity index (χ3n) is 2.42. The number of halogens is 1. The second-order valence-corrected chi connectivity index (χ2v) is 4.29. The van der Waals surface area contributed by atoms with E-state index in [4.69, 9.17) is 17.3 Å². The quantitative estimate of drug-likeness (QED) is 0.888. The standard InChI is InChI=1S/C12H13ClN4O/c1-8(14)12(18)16-10-4-2-3-9(13)11(10)17-6-5-15-7-17/h2-8H,14H2,1H3,(H,16,18). The minimum Gasteiger partial charge on any atom is -0.323 e. The Labute approximate surface area is 110 Å². The van der Waals surface area contributed by atoms with E-state index in [1.807, 2.05) is 0 Å². The molecule has 1 aromatic heterocycles. The molecule has 0 bridgehead atoms. The van der Waals surface area contributed by atoms with Crippen LogP contribution in [-0.4, -0.2) is 21.5 Å². The predicted molar refractivity (Wildman–Crippen MR) is 70.9 cm³/mol. The van der Waals surface area contributed by atoms with Gasteiger partial charge in [-0.05, 0) is 19.1 Å². The van der Waals surface area contributed by atoms with Crippen LogP contribution in [0.1, 0.15) is 6.92 Å². The Bertz CT molecular complexity index is 551. The smallest absolute Gasteiger partial charge is 0.241 e. The fourth-order valence-electron chi connectivity index (χ4n) is 1.52. The molecule has 5 nitrogen and oxygen atoms in total. The van der Waals surface area contributed by atoms with E-state index in [-0.39, 0.29) is 5.91 Å². The average molecular weight is 265 g/mol. The number of para-hydroxylation sites is 1. The molecule has 1 amide bonds. The summed E-state index contributed by atoms with van der Waals surface area (Å²) in [6.45, 7) is 1.62. The number of hydrogen-bond acceptors (Lipinski definition) is 3. The van der Waals surface area contributed by atoms with Crippen molar-refractivity contribution in [2.45, 2.75) is 13.0 Å². The molecule has 0 aliphatic heterocycles. The van der Waals surface area contributed by atoms with Crippen molar-refractivity contribution in [3.8, 4) is 5.69 Å². The summed E-state index contributed by atoms with van der Waals surface area (Å²) in [6.07, 6.45) is 5.01. The molecule has 6 heteroatoms. The Balaban J connectivity index is 2.42. The van der Waals surface area contributed by atoms with Gasteiger partial charge in [0, 0.05) is 12.4 Å². The molecule has 2 rings (SSSR count). The van der Waals surface area contributed by atoms with E-state index in [2.05, 4.69) is 10.3 Å². The highest BCUT2D eigenvalue weighted by molar-refractivity contribution is 6.33. The van der Waals surface area contributed by atoms with Crippen molar-refractivity contribution in [1.29, 1.82) is 0 Å². The highest BCUT2D eigenvalue weighted by Crippen LogP contribution is 2.28. The molecule has 0 fully saturated rings. The monoisotopic (exact) mass is 264 g/mol. The Kier molecular flexibility index (Phi) is 3.64. The molecule has 18 heavy (non-hydrogen) atoms. The molecule has 0 radical (unpaired) electrons. The molecule has 3 N–H and O–H groups in total. The number of hydrogen-bond donors (Lipinski definition) is 2. The molecule has 1 aromatic carbocycles. The number of amides is 1. The fraction of sp³-hybridized carbons (Fsp3) is 0.167. The van der Waals surface area contributed by atoms with Crippen LogP contribution in [0, 0.1) is 0 Å². The Hall–Kier alpha value is -1.85. The summed E-state index contributed by atoms with van der Waals surface area (Å²) in [7, 11) is 0. The summed E-state index contributed by atoms with van der Waals surface area (Å²) >= 11 is 6.15. The van der Waals surface area contributed by atoms with E-state index < -0.39 is 6.04 Å². The third-order valence-corrected chi connectivity index (χ3v) is 2.73. The van der Waals surface area contributed by atoms with Crippen LogP contribution in [0.3, 0.4) is 0 Å². The van der Waals surface area contributed by atoms with Gasteiger partial charge in [-0.3, -0.25) is 4.79 Å². The van der Waals surface area contributed by atoms with Crippen molar-refractivity contribution >= 4 is 23.2 Å². The van der Waals surface area contributed by atoms with Gasteiger partial charge in [-0.2, -0.15) is 0 Å². The first-order valence-corrected chi connectivity index (χ1v) is 5.80. The first kappa shape index (κ1) is 12.6. The summed E-state index contributed by atoms with van der Waals surface area (Å²) in [5.41, 5.74) is 6.80. The zero-order valence-corrected chi connectivity index (χ0v) is 10.6. The summed E-state index contributed by atoms with van der Waals surface area (Å²) < 4.78 is 1.74. The fourth-order valence-corrected chi connectivity index (χ4v) is 1.79. The van der Waals surface area contributed by atoms with Gasteiger partial charge in [-0.1, -0.05) is 17.7 Å². The van der Waals surface area contributed by atoms with Gasteiger partial charge in [0.1, 0.15) is 0 Å². The Morgan fingerprint density at radius 3 is 2.94 bits per heavy atom. The molecule has 1 unspecified atom stereocenters. The van der Waals surface area contributed by atoms with Crippen molar-refractivity contribution < 1.29 is 4.79 Å². The lowest BCUT2D eigenvalue weighted by Crippen LogP contribution is -2.32. The first-order valence-electron chi connectivity index (χ1n) is 5.43. The normalized spacial score (nSPS) is 12.2. The van der Waals surface area contributed by atoms with E-state index in [0.29, 0.717) is 16.4 Å². The molecule has 0 saturated heterocycles. The summed E-state index contributed by atoms with van der Waals surface area (Å²) in [4.78, 5) is 15.6. The lowest BCUT2D eigenvalue weighted by molar-refractivity contribution is -0.117. The van der Waals surface area contributed by atoms with Crippen LogP contribution in [-0.2, 0) is 4.79 Å². The van der Waals surface area contributed by atoms with Gasteiger partial charge in [0.15, 0.2) is 0 Å². The van der Waals surface area contributed by atoms with Crippen LogP contribution >= 0.6 is 11.6 Å². The minimum absolute atomic E-state index is 0.265. The topological polar surface area (TPSA) is 72.9 Å². The maximum atomic E-state index is 11.6. The molecule has 0 saturated carbocycles. The molecular formula is C12H13ClN4O. The van der Waals surface area contributed by atoms with Crippen molar-refractivity contribution in [2.24, 2.45) is 5.73 Å². The lowest BCUT2D eigenvalue weighted by atomic mass is 10.2. The zero-order chi connectivity index (χ0) is 13.1. The van der Waals surface area contributed by atoms with Crippen molar-refractivity contribution in [1.82, 2.24) is 9.55 Å². The molecule has 2 aromatic rings. The van der Waals surface area contributed by atoms with Crippen molar-refractivity contribution in [3.63, 3.8) is 0 Å². The van der Waals surface area contributed by atoms with E-state index in [1.54, 1.807) is 48.4 Å². The average Bonchev–Trinajstić information content (AvgIpc) is 2.82. The lowest BCUT2D eigenvalue weighted by Gasteiger charge is -2.14. The molecule has 1 atom stereocenters. The molecular weight excluding hydrogens is 252 g/mol. The van der Waals surface area contributed by atoms with Crippen LogP contribution < -0.4 is 11.1 Å². The molecule has 0 aliphatic carbocycles. The van der Waals surface area contributed by atoms with Crippen molar-refractivity contribution in [3.05, 3.63) is 41.9 Å². The predicted octanol–water partition coefficient (Wildman–Crippen LogP) is 1.81.